The van der Waals surface area contributed by atoms with Gasteiger partial charge in [0.1, 0.15) is 0 Å². The molecule has 0 amide bonds. The lowest BCUT2D eigenvalue weighted by Crippen LogP contribution is -2.52. The number of hydrogen-bond donors (Lipinski definition) is 3. The monoisotopic (exact) mass is 266 g/mol. The third kappa shape index (κ3) is 4.92. The van der Waals surface area contributed by atoms with Gasteiger partial charge in [0.05, 0.1) is 19.0 Å². The van der Waals surface area contributed by atoms with Crippen molar-refractivity contribution >= 4 is 11.9 Å². The van der Waals surface area contributed by atoms with Crippen LogP contribution in [0.25, 0.3) is 0 Å². The van der Waals surface area contributed by atoms with Crippen LogP contribution < -0.4 is 5.32 Å². The summed E-state index contributed by atoms with van der Waals surface area (Å²) in [5.41, 5.74) is 0. The Morgan fingerprint density at radius 2 is 2.00 bits per heavy atom. The number of alkyl halides is 2. The van der Waals surface area contributed by atoms with E-state index in [0.717, 1.165) is 0 Å². The number of hydrogen-bond acceptors (Lipinski definition) is 4. The number of nitrogens with zero attached hydrogens (tertiary/aromatic N) is 1. The Labute approximate surface area is 103 Å². The normalized spacial score (nSPS) is 25.3. The Morgan fingerprint density at radius 3 is 2.50 bits per heavy atom. The molecule has 2 atom stereocenters. The summed E-state index contributed by atoms with van der Waals surface area (Å²) in [7, 11) is 0. The lowest BCUT2D eigenvalue weighted by Gasteiger charge is -2.35. The zero-order valence-corrected chi connectivity index (χ0v) is 9.68. The van der Waals surface area contributed by atoms with Gasteiger partial charge in [-0.05, 0) is 6.42 Å². The summed E-state index contributed by atoms with van der Waals surface area (Å²) in [5.74, 6) is -2.82. The fourth-order valence-electron chi connectivity index (χ4n) is 2.09. The maximum Gasteiger partial charge on any atom is 0.317 e. The summed E-state index contributed by atoms with van der Waals surface area (Å²) in [6.07, 6.45) is -2.28. The summed E-state index contributed by atoms with van der Waals surface area (Å²) in [6.45, 7) is -0.397. The minimum Gasteiger partial charge on any atom is -0.481 e. The number of likely N-dealkylation sites (tertiary alicyclic amines) is 1. The van der Waals surface area contributed by atoms with Crippen LogP contribution in [0.15, 0.2) is 0 Å². The average Bonchev–Trinajstić information content (AvgIpc) is 2.25. The van der Waals surface area contributed by atoms with Crippen LogP contribution in [0.2, 0.25) is 0 Å². The summed E-state index contributed by atoms with van der Waals surface area (Å²) in [5, 5.41) is 20.2. The molecule has 1 fully saturated rings. The molecule has 0 bridgehead atoms. The van der Waals surface area contributed by atoms with Gasteiger partial charge in [-0.1, -0.05) is 0 Å². The van der Waals surface area contributed by atoms with Gasteiger partial charge in [0.25, 0.3) is 6.43 Å². The van der Waals surface area contributed by atoms with E-state index in [-0.39, 0.29) is 26.1 Å². The van der Waals surface area contributed by atoms with E-state index in [9.17, 15) is 18.4 Å². The maximum absolute atomic E-state index is 12.1. The molecule has 6 nitrogen and oxygen atoms in total. The van der Waals surface area contributed by atoms with Crippen LogP contribution in [0.5, 0.6) is 0 Å². The predicted molar refractivity (Wildman–Crippen MR) is 57.6 cm³/mol. The van der Waals surface area contributed by atoms with Gasteiger partial charge in [0, 0.05) is 19.1 Å². The number of nitrogens with one attached hydrogen (secondary N) is 1. The van der Waals surface area contributed by atoms with Crippen LogP contribution in [-0.4, -0.2) is 65.7 Å². The van der Waals surface area contributed by atoms with Crippen LogP contribution in [0, 0.1) is 5.92 Å². The molecule has 104 valence electrons. The maximum atomic E-state index is 12.1. The van der Waals surface area contributed by atoms with Gasteiger partial charge in [0.15, 0.2) is 0 Å². The Morgan fingerprint density at radius 1 is 1.33 bits per heavy atom. The molecule has 0 aromatic carbocycles. The number of piperidine rings is 1. The first-order chi connectivity index (χ1) is 8.38. The summed E-state index contributed by atoms with van der Waals surface area (Å²) in [6, 6.07) is -0.423. The summed E-state index contributed by atoms with van der Waals surface area (Å²) in [4.78, 5) is 23.0. The molecule has 1 aliphatic rings. The molecule has 18 heavy (non-hydrogen) atoms. The molecular formula is C10H16F2N2O4. The second kappa shape index (κ2) is 6.60. The fourth-order valence-corrected chi connectivity index (χ4v) is 2.09. The Kier molecular flexibility index (Phi) is 5.42. The van der Waals surface area contributed by atoms with Crippen molar-refractivity contribution in [1.82, 2.24) is 10.2 Å². The van der Waals surface area contributed by atoms with Crippen molar-refractivity contribution < 1.29 is 28.6 Å². The number of rotatable bonds is 6. The van der Waals surface area contributed by atoms with E-state index in [0.29, 0.717) is 0 Å². The van der Waals surface area contributed by atoms with Crippen molar-refractivity contribution in [2.75, 3.05) is 26.2 Å². The number of halogens is 2. The average molecular weight is 266 g/mol. The first-order valence-electron chi connectivity index (χ1n) is 5.57. The van der Waals surface area contributed by atoms with Crippen LogP contribution in [0.4, 0.5) is 8.78 Å². The molecule has 0 spiro atoms. The lowest BCUT2D eigenvalue weighted by molar-refractivity contribution is -0.146. The molecule has 1 rings (SSSR count). The van der Waals surface area contributed by atoms with Gasteiger partial charge in [-0.15, -0.1) is 0 Å². The highest BCUT2D eigenvalue weighted by atomic mass is 19.3. The lowest BCUT2D eigenvalue weighted by atomic mass is 9.94. The first kappa shape index (κ1) is 14.8. The quantitative estimate of drug-likeness (QED) is 0.611. The molecule has 1 saturated heterocycles. The van der Waals surface area contributed by atoms with E-state index >= 15 is 0 Å². The van der Waals surface area contributed by atoms with Crippen LogP contribution in [0.3, 0.4) is 0 Å². The van der Waals surface area contributed by atoms with E-state index < -0.39 is 36.9 Å². The highest BCUT2D eigenvalue weighted by molar-refractivity contribution is 5.71. The smallest absolute Gasteiger partial charge is 0.317 e. The molecule has 1 heterocycles. The van der Waals surface area contributed by atoms with Crippen molar-refractivity contribution in [2.24, 2.45) is 5.92 Å². The van der Waals surface area contributed by atoms with E-state index in [2.05, 4.69) is 5.32 Å². The standard InChI is InChI=1S/C10H16F2N2O4/c11-8(12)2-13-7-1-6(10(17)18)3-14(4-7)5-9(15)16/h6-8,13H,1-5H2,(H,15,16)(H,17,18). The van der Waals surface area contributed by atoms with E-state index in [4.69, 9.17) is 10.2 Å². The van der Waals surface area contributed by atoms with E-state index in [1.54, 1.807) is 0 Å². The minimum absolute atomic E-state index is 0.133. The number of aliphatic carboxylic acids is 2. The second-order valence-corrected chi connectivity index (χ2v) is 4.35. The fraction of sp³-hybridized carbons (Fsp3) is 0.800. The van der Waals surface area contributed by atoms with Crippen molar-refractivity contribution in [1.29, 1.82) is 0 Å². The Bertz CT molecular complexity index is 314. The molecule has 2 unspecified atom stereocenters. The third-order valence-corrected chi connectivity index (χ3v) is 2.80. The Balaban J connectivity index is 2.56. The van der Waals surface area contributed by atoms with Crippen molar-refractivity contribution in [3.05, 3.63) is 0 Å². The van der Waals surface area contributed by atoms with Gasteiger partial charge < -0.3 is 15.5 Å². The molecule has 1 aliphatic heterocycles. The largest absolute Gasteiger partial charge is 0.481 e. The topological polar surface area (TPSA) is 89.9 Å². The van der Waals surface area contributed by atoms with Gasteiger partial charge in [-0.3, -0.25) is 14.5 Å². The highest BCUT2D eigenvalue weighted by Gasteiger charge is 2.32. The number of carboxylic acid groups (broad SMARTS) is 2. The molecule has 8 heteroatoms. The molecule has 0 saturated carbocycles. The number of carbonyl (C=O) groups is 2. The summed E-state index contributed by atoms with van der Waals surface area (Å²) >= 11 is 0. The van der Waals surface area contributed by atoms with Gasteiger partial charge in [0.2, 0.25) is 0 Å². The Hall–Kier alpha value is -1.28. The molecule has 0 aromatic rings. The van der Waals surface area contributed by atoms with Gasteiger partial charge in [-0.2, -0.15) is 0 Å². The molecule has 3 N–H and O–H groups in total. The number of carboxylic acids is 2. The molecule has 0 aliphatic carbocycles. The van der Waals surface area contributed by atoms with Crippen molar-refractivity contribution in [3.63, 3.8) is 0 Å². The van der Waals surface area contributed by atoms with Crippen LogP contribution in [-0.2, 0) is 9.59 Å². The second-order valence-electron chi connectivity index (χ2n) is 4.35. The van der Waals surface area contributed by atoms with Gasteiger partial charge >= 0.3 is 11.9 Å². The van der Waals surface area contributed by atoms with Crippen molar-refractivity contribution in [2.45, 2.75) is 18.9 Å². The predicted octanol–water partition coefficient (Wildman–Crippen LogP) is -0.299. The zero-order valence-electron chi connectivity index (χ0n) is 9.68. The van der Waals surface area contributed by atoms with E-state index in [1.807, 2.05) is 0 Å². The first-order valence-corrected chi connectivity index (χ1v) is 5.57. The van der Waals surface area contributed by atoms with Crippen LogP contribution >= 0.6 is 0 Å². The SMILES string of the molecule is O=C(O)CN1CC(NCC(F)F)CC(C(=O)O)C1. The molecular weight excluding hydrogens is 250 g/mol. The molecule has 0 radical (unpaired) electrons. The zero-order chi connectivity index (χ0) is 13.7. The van der Waals surface area contributed by atoms with E-state index in [1.165, 1.54) is 4.90 Å². The highest BCUT2D eigenvalue weighted by Crippen LogP contribution is 2.17. The van der Waals surface area contributed by atoms with Crippen LogP contribution in [0.1, 0.15) is 6.42 Å². The van der Waals surface area contributed by atoms with Gasteiger partial charge in [-0.25, -0.2) is 8.78 Å². The third-order valence-electron chi connectivity index (χ3n) is 2.80. The minimum atomic E-state index is -2.51. The van der Waals surface area contributed by atoms with Crippen molar-refractivity contribution in [3.8, 4) is 0 Å². The molecule has 0 aromatic heterocycles. The summed E-state index contributed by atoms with van der Waals surface area (Å²) < 4.78 is 24.1.